The Balaban J connectivity index is 2.90. The zero-order valence-corrected chi connectivity index (χ0v) is 12.4. The molecule has 6 nitrogen and oxygen atoms in total. The van der Waals surface area contributed by atoms with Gasteiger partial charge in [0.15, 0.2) is 11.5 Å². The van der Waals surface area contributed by atoms with Gasteiger partial charge in [-0.1, -0.05) is 24.2 Å². The number of nitrogens with one attached hydrogen (secondary N) is 1. The van der Waals surface area contributed by atoms with Gasteiger partial charge in [-0.25, -0.2) is 4.39 Å². The van der Waals surface area contributed by atoms with Crippen molar-refractivity contribution in [3.05, 3.63) is 47.1 Å². The molecule has 118 valence electrons. The van der Waals surface area contributed by atoms with E-state index in [0.29, 0.717) is 5.56 Å². The molecule has 0 bridgehead atoms. The smallest absolute Gasteiger partial charge is 0.274 e. The Bertz CT molecular complexity index is 607. The van der Waals surface area contributed by atoms with Gasteiger partial charge in [-0.05, 0) is 31.0 Å². The molecule has 0 saturated carbocycles. The molecule has 1 amide bonds. The van der Waals surface area contributed by atoms with Crippen molar-refractivity contribution in [3.63, 3.8) is 0 Å². The van der Waals surface area contributed by atoms with Crippen LogP contribution in [0.15, 0.2) is 45.9 Å². The van der Waals surface area contributed by atoms with Crippen molar-refractivity contribution in [3.8, 4) is 0 Å². The van der Waals surface area contributed by atoms with E-state index in [4.69, 9.17) is 5.21 Å². The van der Waals surface area contributed by atoms with Gasteiger partial charge in [-0.3, -0.25) is 9.79 Å². The topological polar surface area (TPSA) is 94.3 Å². The monoisotopic (exact) mass is 307 g/mol. The number of aliphatic imine (C=N–C) groups is 1. The predicted octanol–water partition coefficient (Wildman–Crippen LogP) is 2.54. The van der Waals surface area contributed by atoms with E-state index in [1.165, 1.54) is 30.5 Å². The number of carbonyl (C=O) groups is 1. The van der Waals surface area contributed by atoms with Crippen molar-refractivity contribution >= 4 is 17.8 Å². The number of nitrogens with zero attached hydrogens (tertiary/aromatic N) is 2. The summed E-state index contributed by atoms with van der Waals surface area (Å²) in [7, 11) is 0. The maximum atomic E-state index is 12.8. The zero-order valence-electron chi connectivity index (χ0n) is 12.4. The van der Waals surface area contributed by atoms with Crippen molar-refractivity contribution in [1.29, 1.82) is 0 Å². The Kier molecular flexibility index (Phi) is 6.75. The van der Waals surface area contributed by atoms with Crippen molar-refractivity contribution in [2.75, 3.05) is 0 Å². The maximum Gasteiger partial charge on any atom is 0.274 e. The zero-order chi connectivity index (χ0) is 16.5. The normalized spacial score (nSPS) is 13.1. The molecule has 0 unspecified atom stereocenters. The number of halogens is 1. The van der Waals surface area contributed by atoms with Crippen LogP contribution in [0.5, 0.6) is 0 Å². The van der Waals surface area contributed by atoms with Crippen molar-refractivity contribution in [2.24, 2.45) is 10.1 Å². The summed E-state index contributed by atoms with van der Waals surface area (Å²) in [5.74, 6) is -1.48. The van der Waals surface area contributed by atoms with Crippen LogP contribution < -0.4 is 5.32 Å². The summed E-state index contributed by atoms with van der Waals surface area (Å²) in [5, 5.41) is 24.3. The minimum atomic E-state index is -0.630. The fraction of sp³-hybridized carbons (Fsp3) is 0.267. The number of allylic oxidation sites excluding steroid dienone is 1. The number of amides is 1. The fourth-order valence-electron chi connectivity index (χ4n) is 1.65. The molecule has 3 N–H and O–H groups in total. The van der Waals surface area contributed by atoms with Crippen LogP contribution in [0, 0.1) is 5.82 Å². The molecule has 0 saturated heterocycles. The molecule has 1 aromatic carbocycles. The molecule has 0 spiro atoms. The molecule has 0 radical (unpaired) electrons. The van der Waals surface area contributed by atoms with Crippen molar-refractivity contribution < 1.29 is 19.5 Å². The van der Waals surface area contributed by atoms with Crippen molar-refractivity contribution in [1.82, 2.24) is 5.32 Å². The standard InChI is InChI=1S/C15H18FN3O3/c1-3-12(19-22)14(20)13(17-4-2)15(21)18-9-10-5-7-11(16)8-6-10/h4-8,20,22H,3,9H2,1-2H3,(H,18,21)/b14-13+,17-4-,19-12-. The number of carbonyl (C=O) groups excluding carboxylic acids is 1. The number of aliphatic hydroxyl groups is 1. The summed E-state index contributed by atoms with van der Waals surface area (Å²) in [6.07, 6.45) is 1.57. The summed E-state index contributed by atoms with van der Waals surface area (Å²) in [6, 6.07) is 5.64. The first-order valence-electron chi connectivity index (χ1n) is 6.69. The van der Waals surface area contributed by atoms with Crippen LogP contribution in [0.3, 0.4) is 0 Å². The molecule has 0 atom stereocenters. The van der Waals surface area contributed by atoms with Crippen LogP contribution in [0.4, 0.5) is 4.39 Å². The Labute approximate surface area is 127 Å². The Morgan fingerprint density at radius 2 is 2.00 bits per heavy atom. The molecule has 0 aromatic heterocycles. The Morgan fingerprint density at radius 3 is 2.50 bits per heavy atom. The molecule has 22 heavy (non-hydrogen) atoms. The summed E-state index contributed by atoms with van der Waals surface area (Å²) in [5.41, 5.74) is 0.400. The molecule has 1 rings (SSSR count). The number of rotatable bonds is 6. The average molecular weight is 307 g/mol. The van der Waals surface area contributed by atoms with Crippen LogP contribution in [0.2, 0.25) is 0 Å². The summed E-state index contributed by atoms with van der Waals surface area (Å²) >= 11 is 0. The van der Waals surface area contributed by atoms with Gasteiger partial charge in [0.1, 0.15) is 11.5 Å². The summed E-state index contributed by atoms with van der Waals surface area (Å²) in [4.78, 5) is 15.9. The molecular formula is C15H18FN3O3. The highest BCUT2D eigenvalue weighted by atomic mass is 19.1. The molecule has 0 aliphatic heterocycles. The number of benzene rings is 1. The largest absolute Gasteiger partial charge is 0.504 e. The van der Waals surface area contributed by atoms with E-state index < -0.39 is 11.7 Å². The van der Waals surface area contributed by atoms with E-state index in [1.54, 1.807) is 13.8 Å². The number of hydrogen-bond acceptors (Lipinski definition) is 5. The van der Waals surface area contributed by atoms with Gasteiger partial charge in [-0.2, -0.15) is 0 Å². The minimum Gasteiger partial charge on any atom is -0.504 e. The Hall–Kier alpha value is -2.70. The SMILES string of the molecule is C\C=N/C(C(=O)NCc1ccc(F)cc1)=C(O)\C(CC)=N/O. The van der Waals surface area contributed by atoms with Crippen LogP contribution in [0.1, 0.15) is 25.8 Å². The highest BCUT2D eigenvalue weighted by molar-refractivity contribution is 6.06. The molecule has 0 aliphatic carbocycles. The van der Waals surface area contributed by atoms with Gasteiger partial charge >= 0.3 is 0 Å². The Morgan fingerprint density at radius 1 is 1.36 bits per heavy atom. The lowest BCUT2D eigenvalue weighted by Gasteiger charge is -2.08. The second-order valence-electron chi connectivity index (χ2n) is 4.29. The van der Waals surface area contributed by atoms with E-state index in [1.807, 2.05) is 0 Å². The van der Waals surface area contributed by atoms with Gasteiger partial charge in [-0.15, -0.1) is 0 Å². The third-order valence-electron chi connectivity index (χ3n) is 2.79. The second kappa shape index (κ2) is 8.56. The first kappa shape index (κ1) is 17.4. The van der Waals surface area contributed by atoms with Gasteiger partial charge in [0, 0.05) is 12.8 Å². The van der Waals surface area contributed by atoms with E-state index in [9.17, 15) is 14.3 Å². The van der Waals surface area contributed by atoms with Crippen LogP contribution >= 0.6 is 0 Å². The highest BCUT2D eigenvalue weighted by Gasteiger charge is 2.17. The van der Waals surface area contributed by atoms with E-state index in [-0.39, 0.29) is 30.2 Å². The average Bonchev–Trinajstić information content (AvgIpc) is 2.52. The van der Waals surface area contributed by atoms with Gasteiger partial charge < -0.3 is 15.6 Å². The number of hydrogen-bond donors (Lipinski definition) is 3. The number of aliphatic hydroxyl groups excluding tert-OH is 1. The molecule has 0 aliphatic rings. The molecule has 0 heterocycles. The lowest BCUT2D eigenvalue weighted by Crippen LogP contribution is -2.26. The summed E-state index contributed by atoms with van der Waals surface area (Å²) < 4.78 is 12.8. The molecule has 1 aromatic rings. The fourth-order valence-corrected chi connectivity index (χ4v) is 1.65. The van der Waals surface area contributed by atoms with Crippen LogP contribution in [-0.2, 0) is 11.3 Å². The predicted molar refractivity (Wildman–Crippen MR) is 81.6 cm³/mol. The minimum absolute atomic E-state index is 0.0440. The third kappa shape index (κ3) is 4.69. The van der Waals surface area contributed by atoms with Gasteiger partial charge in [0.05, 0.1) is 0 Å². The summed E-state index contributed by atoms with van der Waals surface area (Å²) in [6.45, 7) is 3.39. The molecular weight excluding hydrogens is 289 g/mol. The molecule has 7 heteroatoms. The lowest BCUT2D eigenvalue weighted by molar-refractivity contribution is -0.117. The van der Waals surface area contributed by atoms with Gasteiger partial charge in [0.2, 0.25) is 0 Å². The van der Waals surface area contributed by atoms with Crippen LogP contribution in [0.25, 0.3) is 0 Å². The number of oxime groups is 1. The first-order valence-corrected chi connectivity index (χ1v) is 6.69. The van der Waals surface area contributed by atoms with E-state index >= 15 is 0 Å². The van der Waals surface area contributed by atoms with E-state index in [0.717, 1.165) is 0 Å². The third-order valence-corrected chi connectivity index (χ3v) is 2.79. The van der Waals surface area contributed by atoms with Crippen molar-refractivity contribution in [2.45, 2.75) is 26.8 Å². The first-order chi connectivity index (χ1) is 10.5. The maximum absolute atomic E-state index is 12.8. The lowest BCUT2D eigenvalue weighted by atomic mass is 10.2. The second-order valence-corrected chi connectivity index (χ2v) is 4.29. The quantitative estimate of drug-likeness (QED) is 0.248. The highest BCUT2D eigenvalue weighted by Crippen LogP contribution is 2.09. The van der Waals surface area contributed by atoms with Crippen LogP contribution in [-0.4, -0.2) is 28.1 Å². The van der Waals surface area contributed by atoms with Gasteiger partial charge in [0.25, 0.3) is 5.91 Å². The van der Waals surface area contributed by atoms with E-state index in [2.05, 4.69) is 15.5 Å². The molecule has 0 fully saturated rings.